The minimum atomic E-state index is -0.458. The quantitative estimate of drug-likeness (QED) is 0.895. The number of likely N-dealkylation sites (tertiary alicyclic amines) is 1. The smallest absolute Gasteiger partial charge is 0.0916 e. The number of β-amino-alcohol motifs (C(OH)–C–C–N with tert-alkyl or cyclic N) is 1. The van der Waals surface area contributed by atoms with Gasteiger partial charge in [0.1, 0.15) is 0 Å². The molecule has 0 amide bonds. The summed E-state index contributed by atoms with van der Waals surface area (Å²) in [6, 6.07) is 7.45. The van der Waals surface area contributed by atoms with Crippen molar-refractivity contribution in [2.75, 3.05) is 32.8 Å². The zero-order valence-corrected chi connectivity index (χ0v) is 14.3. The van der Waals surface area contributed by atoms with Crippen LogP contribution in [0.4, 0.5) is 0 Å². The molecule has 2 heterocycles. The number of piperidine rings is 1. The van der Waals surface area contributed by atoms with Crippen LogP contribution in [-0.4, -0.2) is 55.1 Å². The van der Waals surface area contributed by atoms with E-state index >= 15 is 0 Å². The third kappa shape index (κ3) is 5.16. The van der Waals surface area contributed by atoms with Gasteiger partial charge in [-0.05, 0) is 43.4 Å². The van der Waals surface area contributed by atoms with Gasteiger partial charge in [0.2, 0.25) is 0 Å². The highest BCUT2D eigenvalue weighted by atomic mass is 35.5. The van der Waals surface area contributed by atoms with Gasteiger partial charge >= 0.3 is 0 Å². The van der Waals surface area contributed by atoms with Gasteiger partial charge < -0.3 is 19.5 Å². The largest absolute Gasteiger partial charge is 0.387 e. The fourth-order valence-corrected chi connectivity index (χ4v) is 3.47. The van der Waals surface area contributed by atoms with Gasteiger partial charge in [-0.1, -0.05) is 23.7 Å². The lowest BCUT2D eigenvalue weighted by molar-refractivity contribution is -0.0864. The maximum atomic E-state index is 10.4. The maximum absolute atomic E-state index is 10.4. The Bertz CT molecular complexity index is 468. The van der Waals surface area contributed by atoms with Gasteiger partial charge in [-0.2, -0.15) is 0 Å². The maximum Gasteiger partial charge on any atom is 0.0916 e. The Balaban J connectivity index is 1.40. The predicted molar refractivity (Wildman–Crippen MR) is 90.8 cm³/mol. The fraction of sp³-hybridized carbons (Fsp3) is 0.667. The summed E-state index contributed by atoms with van der Waals surface area (Å²) in [7, 11) is 0. The molecule has 128 valence electrons. The fourth-order valence-electron chi connectivity index (χ4n) is 3.35. The lowest BCUT2D eigenvalue weighted by atomic mass is 10.0. The first kappa shape index (κ1) is 17.2. The first-order valence-corrected chi connectivity index (χ1v) is 8.97. The summed E-state index contributed by atoms with van der Waals surface area (Å²) in [5, 5.41) is 11.1. The standard InChI is InChI=1S/C18H26ClNO3/c19-15-3-1-14(2-4-15)18(21)13-20-9-5-16(6-10-20)23-17-7-11-22-12-8-17/h1-4,16-18,21H,5-13H2. The van der Waals surface area contributed by atoms with Gasteiger partial charge in [-0.15, -0.1) is 0 Å². The van der Waals surface area contributed by atoms with E-state index in [1.54, 1.807) is 0 Å². The molecule has 3 rings (SSSR count). The monoisotopic (exact) mass is 339 g/mol. The summed E-state index contributed by atoms with van der Waals surface area (Å²) in [6.45, 7) is 4.30. The van der Waals surface area contributed by atoms with Crippen LogP contribution in [0.25, 0.3) is 0 Å². The van der Waals surface area contributed by atoms with Crippen molar-refractivity contribution in [3.8, 4) is 0 Å². The average Bonchev–Trinajstić information content (AvgIpc) is 2.58. The molecule has 1 unspecified atom stereocenters. The molecule has 1 aromatic carbocycles. The summed E-state index contributed by atoms with van der Waals surface area (Å²) in [6.07, 6.45) is 4.42. The molecule has 2 aliphatic heterocycles. The van der Waals surface area contributed by atoms with E-state index in [0.717, 1.165) is 57.6 Å². The first-order chi connectivity index (χ1) is 11.2. The van der Waals surface area contributed by atoms with Gasteiger partial charge in [-0.3, -0.25) is 0 Å². The van der Waals surface area contributed by atoms with Gasteiger partial charge in [-0.25, -0.2) is 0 Å². The molecule has 1 aromatic rings. The van der Waals surface area contributed by atoms with E-state index in [1.807, 2.05) is 24.3 Å². The minimum Gasteiger partial charge on any atom is -0.387 e. The molecule has 0 saturated carbocycles. The topological polar surface area (TPSA) is 41.9 Å². The Morgan fingerprint density at radius 2 is 1.70 bits per heavy atom. The highest BCUT2D eigenvalue weighted by Gasteiger charge is 2.25. The molecule has 4 nitrogen and oxygen atoms in total. The number of benzene rings is 1. The highest BCUT2D eigenvalue weighted by molar-refractivity contribution is 6.30. The van der Waals surface area contributed by atoms with Crippen LogP contribution >= 0.6 is 11.6 Å². The Labute approximate surface area is 143 Å². The molecular weight excluding hydrogens is 314 g/mol. The highest BCUT2D eigenvalue weighted by Crippen LogP contribution is 2.22. The molecule has 2 saturated heterocycles. The number of halogens is 1. The van der Waals surface area contributed by atoms with E-state index < -0.39 is 6.10 Å². The number of hydrogen-bond acceptors (Lipinski definition) is 4. The van der Waals surface area contributed by atoms with Crippen LogP contribution in [0.2, 0.25) is 5.02 Å². The van der Waals surface area contributed by atoms with E-state index in [0.29, 0.717) is 23.8 Å². The van der Waals surface area contributed by atoms with E-state index in [9.17, 15) is 5.11 Å². The van der Waals surface area contributed by atoms with E-state index in [4.69, 9.17) is 21.1 Å². The lowest BCUT2D eigenvalue weighted by Gasteiger charge is -2.35. The van der Waals surface area contributed by atoms with Gasteiger partial charge in [0.15, 0.2) is 0 Å². The Morgan fingerprint density at radius 1 is 1.09 bits per heavy atom. The third-order valence-electron chi connectivity index (χ3n) is 4.77. The molecule has 2 fully saturated rings. The van der Waals surface area contributed by atoms with Crippen molar-refractivity contribution in [1.82, 2.24) is 4.90 Å². The average molecular weight is 340 g/mol. The zero-order valence-electron chi connectivity index (χ0n) is 13.5. The predicted octanol–water partition coefficient (Wildman–Crippen LogP) is 3.03. The van der Waals surface area contributed by atoms with Crippen molar-refractivity contribution >= 4 is 11.6 Å². The molecule has 0 spiro atoms. The van der Waals surface area contributed by atoms with Crippen LogP contribution in [0, 0.1) is 0 Å². The number of ether oxygens (including phenoxy) is 2. The Morgan fingerprint density at radius 3 is 2.35 bits per heavy atom. The Kier molecular flexibility index (Phi) is 6.31. The SMILES string of the molecule is OC(CN1CCC(OC2CCOCC2)CC1)c1ccc(Cl)cc1. The van der Waals surface area contributed by atoms with Crippen LogP contribution in [0.3, 0.4) is 0 Å². The molecule has 5 heteroatoms. The van der Waals surface area contributed by atoms with Gasteiger partial charge in [0, 0.05) is 37.9 Å². The number of nitrogens with zero attached hydrogens (tertiary/aromatic N) is 1. The molecule has 0 aromatic heterocycles. The summed E-state index contributed by atoms with van der Waals surface area (Å²) in [5.41, 5.74) is 0.926. The summed E-state index contributed by atoms with van der Waals surface area (Å²) in [4.78, 5) is 2.32. The van der Waals surface area contributed by atoms with Crippen LogP contribution < -0.4 is 0 Å². The first-order valence-electron chi connectivity index (χ1n) is 8.60. The number of aliphatic hydroxyl groups is 1. The molecule has 0 aliphatic carbocycles. The number of hydrogen-bond donors (Lipinski definition) is 1. The summed E-state index contributed by atoms with van der Waals surface area (Å²) in [5.74, 6) is 0. The molecule has 2 aliphatic rings. The molecule has 0 radical (unpaired) electrons. The molecule has 0 bridgehead atoms. The van der Waals surface area contributed by atoms with Gasteiger partial charge in [0.25, 0.3) is 0 Å². The van der Waals surface area contributed by atoms with Crippen LogP contribution in [0.1, 0.15) is 37.4 Å². The second kappa shape index (κ2) is 8.45. The normalized spacial score (nSPS) is 23.0. The lowest BCUT2D eigenvalue weighted by Crippen LogP contribution is -2.41. The molecular formula is C18H26ClNO3. The number of rotatable bonds is 5. The van der Waals surface area contributed by atoms with Crippen LogP contribution in [0.5, 0.6) is 0 Å². The van der Waals surface area contributed by atoms with Crippen molar-refractivity contribution in [3.05, 3.63) is 34.9 Å². The third-order valence-corrected chi connectivity index (χ3v) is 5.03. The summed E-state index contributed by atoms with van der Waals surface area (Å²) < 4.78 is 11.6. The van der Waals surface area contributed by atoms with Crippen molar-refractivity contribution in [3.63, 3.8) is 0 Å². The van der Waals surface area contributed by atoms with E-state index in [2.05, 4.69) is 4.90 Å². The van der Waals surface area contributed by atoms with Crippen LogP contribution in [-0.2, 0) is 9.47 Å². The van der Waals surface area contributed by atoms with Crippen molar-refractivity contribution < 1.29 is 14.6 Å². The second-order valence-corrected chi connectivity index (χ2v) is 6.95. The Hall–Kier alpha value is -0.650. The van der Waals surface area contributed by atoms with Crippen molar-refractivity contribution in [2.24, 2.45) is 0 Å². The molecule has 23 heavy (non-hydrogen) atoms. The summed E-state index contributed by atoms with van der Waals surface area (Å²) >= 11 is 5.89. The van der Waals surface area contributed by atoms with Crippen molar-refractivity contribution in [1.29, 1.82) is 0 Å². The van der Waals surface area contributed by atoms with E-state index in [-0.39, 0.29) is 0 Å². The zero-order chi connectivity index (χ0) is 16.1. The number of aliphatic hydroxyl groups excluding tert-OH is 1. The van der Waals surface area contributed by atoms with Crippen LogP contribution in [0.15, 0.2) is 24.3 Å². The second-order valence-electron chi connectivity index (χ2n) is 6.52. The van der Waals surface area contributed by atoms with E-state index in [1.165, 1.54) is 0 Å². The molecule has 1 atom stereocenters. The van der Waals surface area contributed by atoms with Crippen molar-refractivity contribution in [2.45, 2.75) is 44.0 Å². The minimum absolute atomic E-state index is 0.363. The molecule has 1 N–H and O–H groups in total. The van der Waals surface area contributed by atoms with Gasteiger partial charge in [0.05, 0.1) is 18.3 Å².